The molecule has 0 unspecified atom stereocenters. The van der Waals surface area contributed by atoms with Crippen LogP contribution in [-0.2, 0) is 16.0 Å². The second-order valence-corrected chi connectivity index (χ2v) is 6.57. The third kappa shape index (κ3) is 5.62. The summed E-state index contributed by atoms with van der Waals surface area (Å²) in [4.78, 5) is 23.5. The maximum atomic E-state index is 12.5. The average Bonchev–Trinajstić information content (AvgIpc) is 3.02. The molecule has 0 spiro atoms. The fraction of sp³-hybridized carbons (Fsp3) is 0.765. The Morgan fingerprint density at radius 3 is 2.67 bits per heavy atom. The van der Waals surface area contributed by atoms with Crippen molar-refractivity contribution in [3.05, 3.63) is 11.8 Å². The van der Waals surface area contributed by atoms with Crippen LogP contribution in [0.1, 0.15) is 82.5 Å². The molecular formula is C17H28N4O3. The topological polar surface area (TPSA) is 111 Å². The van der Waals surface area contributed by atoms with E-state index in [2.05, 4.69) is 22.4 Å². The van der Waals surface area contributed by atoms with Gasteiger partial charge in [0.15, 0.2) is 0 Å². The minimum absolute atomic E-state index is 0.0749. The van der Waals surface area contributed by atoms with Gasteiger partial charge in [-0.25, -0.2) is 0 Å². The molecule has 0 aliphatic heterocycles. The first-order chi connectivity index (χ1) is 11.6. The summed E-state index contributed by atoms with van der Waals surface area (Å²) in [5, 5.41) is 10.9. The summed E-state index contributed by atoms with van der Waals surface area (Å²) >= 11 is 0. The molecule has 1 aromatic rings. The van der Waals surface area contributed by atoms with Gasteiger partial charge in [-0.1, -0.05) is 45.4 Å². The van der Waals surface area contributed by atoms with Gasteiger partial charge >= 0.3 is 0 Å². The highest BCUT2D eigenvalue weighted by molar-refractivity contribution is 5.79. The molecule has 2 rings (SSSR count). The zero-order chi connectivity index (χ0) is 17.4. The van der Waals surface area contributed by atoms with E-state index in [0.717, 1.165) is 51.4 Å². The Labute approximate surface area is 142 Å². The van der Waals surface area contributed by atoms with E-state index in [1.165, 1.54) is 6.42 Å². The van der Waals surface area contributed by atoms with Crippen molar-refractivity contribution in [2.24, 2.45) is 11.7 Å². The van der Waals surface area contributed by atoms with Crippen LogP contribution < -0.4 is 11.1 Å². The maximum Gasteiger partial charge on any atom is 0.238 e. The summed E-state index contributed by atoms with van der Waals surface area (Å²) in [6.45, 7) is 2.13. The van der Waals surface area contributed by atoms with Crippen LogP contribution >= 0.6 is 0 Å². The lowest BCUT2D eigenvalue weighted by Crippen LogP contribution is -2.35. The number of hydrogen-bond acceptors (Lipinski definition) is 5. The van der Waals surface area contributed by atoms with Crippen LogP contribution in [0.2, 0.25) is 0 Å². The highest BCUT2D eigenvalue weighted by Gasteiger charge is 2.26. The molecule has 1 atom stereocenters. The van der Waals surface area contributed by atoms with Crippen LogP contribution in [0.5, 0.6) is 0 Å². The molecule has 7 heteroatoms. The number of rotatable bonds is 9. The molecule has 1 heterocycles. The lowest BCUT2D eigenvalue weighted by Gasteiger charge is -2.23. The summed E-state index contributed by atoms with van der Waals surface area (Å²) in [6.07, 6.45) is 9.16. The van der Waals surface area contributed by atoms with Crippen molar-refractivity contribution in [2.45, 2.75) is 77.2 Å². The Bertz CT molecular complexity index is 538. The quantitative estimate of drug-likeness (QED) is 0.673. The van der Waals surface area contributed by atoms with Crippen LogP contribution in [0.25, 0.3) is 0 Å². The molecule has 1 fully saturated rings. The smallest absolute Gasteiger partial charge is 0.238 e. The van der Waals surface area contributed by atoms with E-state index in [0.29, 0.717) is 5.89 Å². The van der Waals surface area contributed by atoms with Crippen LogP contribution in [0.15, 0.2) is 4.42 Å². The Morgan fingerprint density at radius 2 is 2.00 bits per heavy atom. The molecule has 3 N–H and O–H groups in total. The van der Waals surface area contributed by atoms with Crippen molar-refractivity contribution in [2.75, 3.05) is 0 Å². The molecule has 2 amide bonds. The van der Waals surface area contributed by atoms with Gasteiger partial charge in [0.05, 0.1) is 0 Å². The van der Waals surface area contributed by atoms with Gasteiger partial charge in [-0.2, -0.15) is 0 Å². The lowest BCUT2D eigenvalue weighted by molar-refractivity contribution is -0.127. The van der Waals surface area contributed by atoms with Crippen LogP contribution in [0.3, 0.4) is 0 Å². The van der Waals surface area contributed by atoms with Gasteiger partial charge < -0.3 is 15.5 Å². The fourth-order valence-corrected chi connectivity index (χ4v) is 3.14. The van der Waals surface area contributed by atoms with Gasteiger partial charge in [-0.3, -0.25) is 9.59 Å². The Hall–Kier alpha value is -1.92. The number of unbranched alkanes of at least 4 members (excludes halogenated alkanes) is 2. The zero-order valence-corrected chi connectivity index (χ0v) is 14.4. The second kappa shape index (κ2) is 9.39. The van der Waals surface area contributed by atoms with Gasteiger partial charge in [0, 0.05) is 5.92 Å². The van der Waals surface area contributed by atoms with Crippen LogP contribution in [-0.4, -0.2) is 22.0 Å². The molecule has 1 aromatic heterocycles. The summed E-state index contributed by atoms with van der Waals surface area (Å²) in [5.74, 6) is 0.210. The average molecular weight is 336 g/mol. The zero-order valence-electron chi connectivity index (χ0n) is 14.4. The number of primary amides is 1. The van der Waals surface area contributed by atoms with Crippen LogP contribution in [0, 0.1) is 5.92 Å². The van der Waals surface area contributed by atoms with Gasteiger partial charge in [-0.05, 0) is 19.3 Å². The fourth-order valence-electron chi connectivity index (χ4n) is 3.14. The minimum atomic E-state index is -0.515. The van der Waals surface area contributed by atoms with Gasteiger partial charge in [0.2, 0.25) is 23.6 Å². The molecular weight excluding hydrogens is 308 g/mol. The molecule has 0 radical (unpaired) electrons. The van der Waals surface area contributed by atoms with Crippen molar-refractivity contribution in [1.82, 2.24) is 15.5 Å². The second-order valence-electron chi connectivity index (χ2n) is 6.57. The number of hydrogen-bond donors (Lipinski definition) is 2. The Balaban J connectivity index is 2.01. The number of carbonyl (C=O) groups is 2. The van der Waals surface area contributed by atoms with Gasteiger partial charge in [0.25, 0.3) is 0 Å². The number of nitrogens with two attached hydrogens (primary N) is 1. The van der Waals surface area contributed by atoms with Gasteiger partial charge in [0.1, 0.15) is 12.5 Å². The van der Waals surface area contributed by atoms with E-state index in [1.807, 2.05) is 0 Å². The SMILES string of the molecule is CCCCC[C@H](NC(=O)C1CCCCC1)c1nnc(CC(N)=O)o1. The number of aromatic nitrogens is 2. The molecule has 0 aromatic carbocycles. The molecule has 0 bridgehead atoms. The van der Waals surface area contributed by atoms with E-state index >= 15 is 0 Å². The molecule has 1 aliphatic carbocycles. The standard InChI is InChI=1S/C17H28N4O3/c1-2-3-5-10-13(17-21-20-15(24-17)11-14(18)22)19-16(23)12-8-6-4-7-9-12/h12-13H,2-11H2,1H3,(H2,18,22)(H,19,23)/t13-/m0/s1. The summed E-state index contributed by atoms with van der Waals surface area (Å²) < 4.78 is 5.54. The molecule has 134 valence electrons. The predicted octanol–water partition coefficient (Wildman–Crippen LogP) is 2.42. The van der Waals surface area contributed by atoms with E-state index in [-0.39, 0.29) is 30.2 Å². The van der Waals surface area contributed by atoms with E-state index in [1.54, 1.807) is 0 Å². The Kier molecular flexibility index (Phi) is 7.21. The van der Waals surface area contributed by atoms with Gasteiger partial charge in [-0.15, -0.1) is 10.2 Å². The first kappa shape index (κ1) is 18.4. The van der Waals surface area contributed by atoms with Crippen molar-refractivity contribution < 1.29 is 14.0 Å². The monoisotopic (exact) mass is 336 g/mol. The molecule has 1 aliphatic rings. The third-order valence-corrected chi connectivity index (χ3v) is 4.49. The van der Waals surface area contributed by atoms with E-state index in [4.69, 9.17) is 10.2 Å². The largest absolute Gasteiger partial charge is 0.422 e. The number of nitrogens with zero attached hydrogens (tertiary/aromatic N) is 2. The molecule has 1 saturated carbocycles. The predicted molar refractivity (Wildman–Crippen MR) is 88.8 cm³/mol. The summed E-state index contributed by atoms with van der Waals surface area (Å²) in [7, 11) is 0. The van der Waals surface area contributed by atoms with E-state index < -0.39 is 5.91 Å². The molecule has 24 heavy (non-hydrogen) atoms. The lowest BCUT2D eigenvalue weighted by atomic mass is 9.88. The maximum absolute atomic E-state index is 12.5. The number of carbonyl (C=O) groups excluding carboxylic acids is 2. The van der Waals surface area contributed by atoms with Crippen molar-refractivity contribution in [1.29, 1.82) is 0 Å². The first-order valence-electron chi connectivity index (χ1n) is 9.01. The summed E-state index contributed by atoms with van der Waals surface area (Å²) in [5.41, 5.74) is 5.15. The molecule has 7 nitrogen and oxygen atoms in total. The van der Waals surface area contributed by atoms with Crippen molar-refractivity contribution in [3.8, 4) is 0 Å². The Morgan fingerprint density at radius 1 is 1.25 bits per heavy atom. The number of amides is 2. The normalized spacial score (nSPS) is 16.7. The third-order valence-electron chi connectivity index (χ3n) is 4.49. The van der Waals surface area contributed by atoms with Crippen molar-refractivity contribution in [3.63, 3.8) is 0 Å². The minimum Gasteiger partial charge on any atom is -0.422 e. The highest BCUT2D eigenvalue weighted by Crippen LogP contribution is 2.26. The molecule has 0 saturated heterocycles. The van der Waals surface area contributed by atoms with Crippen molar-refractivity contribution >= 4 is 11.8 Å². The van der Waals surface area contributed by atoms with Crippen LogP contribution in [0.4, 0.5) is 0 Å². The number of nitrogens with one attached hydrogen (secondary N) is 1. The van der Waals surface area contributed by atoms with E-state index in [9.17, 15) is 9.59 Å². The first-order valence-corrected chi connectivity index (χ1v) is 9.01. The summed E-state index contributed by atoms with van der Waals surface area (Å²) in [6, 6.07) is -0.292. The highest BCUT2D eigenvalue weighted by atomic mass is 16.4.